The van der Waals surface area contributed by atoms with E-state index >= 15 is 0 Å². The summed E-state index contributed by atoms with van der Waals surface area (Å²) in [6.45, 7) is 6.12. The summed E-state index contributed by atoms with van der Waals surface area (Å²) < 4.78 is 32.3. The summed E-state index contributed by atoms with van der Waals surface area (Å²) in [4.78, 5) is 16.1. The highest BCUT2D eigenvalue weighted by atomic mass is 19.3. The molecule has 4 atom stereocenters. The molecule has 2 unspecified atom stereocenters. The largest absolute Gasteiger partial charge is 0.444 e. The van der Waals surface area contributed by atoms with Crippen molar-refractivity contribution in [2.24, 2.45) is 0 Å². The minimum Gasteiger partial charge on any atom is -0.444 e. The van der Waals surface area contributed by atoms with Gasteiger partial charge in [-0.2, -0.15) is 0 Å². The van der Waals surface area contributed by atoms with Gasteiger partial charge in [-0.15, -0.1) is 0 Å². The third-order valence-electron chi connectivity index (χ3n) is 5.30. The molecule has 2 fully saturated rings. The van der Waals surface area contributed by atoms with Gasteiger partial charge in [-0.3, -0.25) is 9.80 Å². The maximum absolute atomic E-state index is 13.4. The highest BCUT2D eigenvalue weighted by Crippen LogP contribution is 2.38. The molecule has 0 radical (unpaired) electrons. The summed E-state index contributed by atoms with van der Waals surface area (Å²) in [5, 5.41) is 10.2. The van der Waals surface area contributed by atoms with Crippen LogP contribution in [0.25, 0.3) is 0 Å². The lowest BCUT2D eigenvalue weighted by Crippen LogP contribution is -2.65. The summed E-state index contributed by atoms with van der Waals surface area (Å²) in [5.41, 5.74) is 0.364. The molecule has 7 heteroatoms. The van der Waals surface area contributed by atoms with Gasteiger partial charge in [0, 0.05) is 25.2 Å². The van der Waals surface area contributed by atoms with Crippen LogP contribution in [0.15, 0.2) is 30.3 Å². The van der Waals surface area contributed by atoms with Crippen LogP contribution >= 0.6 is 0 Å². The number of ether oxygens (including phenoxy) is 1. The first-order valence-electron chi connectivity index (χ1n) is 9.43. The number of likely N-dealkylation sites (tertiary alicyclic amines) is 1. The van der Waals surface area contributed by atoms with Crippen LogP contribution < -0.4 is 0 Å². The van der Waals surface area contributed by atoms with Crippen LogP contribution in [0, 0.1) is 0 Å². The van der Waals surface area contributed by atoms with Crippen molar-refractivity contribution in [2.75, 3.05) is 6.54 Å². The first-order chi connectivity index (χ1) is 12.7. The second kappa shape index (κ2) is 7.72. The molecule has 0 saturated carbocycles. The molecule has 1 amide bonds. The number of carbonyl (C=O) groups is 1. The number of halogens is 2. The maximum Gasteiger partial charge on any atom is 0.410 e. The fraction of sp³-hybridized carbons (Fsp3) is 0.650. The van der Waals surface area contributed by atoms with Gasteiger partial charge in [0.2, 0.25) is 0 Å². The standard InChI is InChI=1S/C20H28F2N2O3/c1-20(2,3)27-19(26)24-12-14-9-10-15(16(24)17(25)18(21)22)23(14)11-13-7-5-4-6-8-13/h4-8,14-18,25H,9-12H2,1-3H3/t14-,15+,16?,17?/m0/s1. The van der Waals surface area contributed by atoms with Crippen LogP contribution in [-0.2, 0) is 11.3 Å². The first-order valence-corrected chi connectivity index (χ1v) is 9.43. The monoisotopic (exact) mass is 382 g/mol. The van der Waals surface area contributed by atoms with Crippen molar-refractivity contribution in [3.63, 3.8) is 0 Å². The molecule has 27 heavy (non-hydrogen) atoms. The average molecular weight is 382 g/mol. The SMILES string of the molecule is CC(C)(C)OC(=O)N1C[C@@H]2CC[C@H](C1C(O)C(F)F)N2Cc1ccccc1. The number of rotatable bonds is 4. The molecule has 5 nitrogen and oxygen atoms in total. The van der Waals surface area contributed by atoms with Gasteiger partial charge in [-0.25, -0.2) is 13.6 Å². The number of amides is 1. The minimum atomic E-state index is -2.92. The quantitative estimate of drug-likeness (QED) is 0.869. The Morgan fingerprint density at radius 1 is 1.26 bits per heavy atom. The number of benzene rings is 1. The van der Waals surface area contributed by atoms with E-state index in [-0.39, 0.29) is 18.6 Å². The van der Waals surface area contributed by atoms with Gasteiger partial charge in [0.05, 0.1) is 6.04 Å². The lowest BCUT2D eigenvalue weighted by atomic mass is 9.96. The van der Waals surface area contributed by atoms with Gasteiger partial charge in [0.15, 0.2) is 0 Å². The van der Waals surface area contributed by atoms with Crippen molar-refractivity contribution < 1.29 is 23.4 Å². The van der Waals surface area contributed by atoms with Gasteiger partial charge < -0.3 is 9.84 Å². The molecule has 0 aromatic heterocycles. The van der Waals surface area contributed by atoms with Crippen molar-refractivity contribution in [1.82, 2.24) is 9.80 Å². The molecule has 1 aromatic rings. The predicted octanol–water partition coefficient (Wildman–Crippen LogP) is 3.26. The molecule has 2 heterocycles. The molecule has 2 bridgehead atoms. The van der Waals surface area contributed by atoms with Gasteiger partial charge in [-0.05, 0) is 39.2 Å². The van der Waals surface area contributed by atoms with Gasteiger partial charge >= 0.3 is 6.09 Å². The zero-order chi connectivity index (χ0) is 19.8. The number of carbonyl (C=O) groups excluding carboxylic acids is 1. The molecule has 1 aromatic carbocycles. The van der Waals surface area contributed by atoms with Crippen molar-refractivity contribution in [3.8, 4) is 0 Å². The van der Waals surface area contributed by atoms with E-state index in [1.807, 2.05) is 30.3 Å². The number of piperazine rings is 1. The van der Waals surface area contributed by atoms with E-state index in [4.69, 9.17) is 4.74 Å². The van der Waals surface area contributed by atoms with Crippen LogP contribution in [0.5, 0.6) is 0 Å². The Hall–Kier alpha value is -1.73. The Morgan fingerprint density at radius 3 is 2.52 bits per heavy atom. The van der Waals surface area contributed by atoms with Crippen LogP contribution in [0.3, 0.4) is 0 Å². The van der Waals surface area contributed by atoms with E-state index in [1.54, 1.807) is 20.8 Å². The lowest BCUT2D eigenvalue weighted by Gasteiger charge is -2.48. The number of aliphatic hydroxyl groups excluding tert-OH is 1. The van der Waals surface area contributed by atoms with Crippen molar-refractivity contribution in [2.45, 2.75) is 76.4 Å². The van der Waals surface area contributed by atoms with Crippen molar-refractivity contribution in [1.29, 1.82) is 0 Å². The summed E-state index contributed by atoms with van der Waals surface area (Å²) >= 11 is 0. The second-order valence-electron chi connectivity index (χ2n) is 8.40. The molecule has 2 saturated heterocycles. The highest BCUT2D eigenvalue weighted by molar-refractivity contribution is 5.69. The smallest absolute Gasteiger partial charge is 0.410 e. The minimum absolute atomic E-state index is 0.0730. The fourth-order valence-electron chi connectivity index (χ4n) is 4.20. The molecular formula is C20H28F2N2O3. The number of fused-ring (bicyclic) bond motifs is 2. The van der Waals surface area contributed by atoms with Crippen LogP contribution in [0.4, 0.5) is 13.6 Å². The van der Waals surface area contributed by atoms with Gasteiger partial charge in [0.1, 0.15) is 11.7 Å². The maximum atomic E-state index is 13.4. The zero-order valence-electron chi connectivity index (χ0n) is 16.0. The van der Waals surface area contributed by atoms with E-state index in [9.17, 15) is 18.7 Å². The summed E-state index contributed by atoms with van der Waals surface area (Å²) in [6, 6.07) is 8.59. The number of hydrogen-bond donors (Lipinski definition) is 1. The van der Waals surface area contributed by atoms with E-state index in [2.05, 4.69) is 4.90 Å². The molecule has 2 aliphatic rings. The Labute approximate surface area is 158 Å². The molecular weight excluding hydrogens is 354 g/mol. The topological polar surface area (TPSA) is 53.0 Å². The Balaban J connectivity index is 1.85. The molecule has 1 N–H and O–H groups in total. The Morgan fingerprint density at radius 2 is 1.93 bits per heavy atom. The lowest BCUT2D eigenvalue weighted by molar-refractivity contribution is -0.102. The number of alkyl halides is 2. The van der Waals surface area contributed by atoms with Gasteiger partial charge in [-0.1, -0.05) is 30.3 Å². The Kier molecular flexibility index (Phi) is 5.72. The average Bonchev–Trinajstić information content (AvgIpc) is 2.85. The molecule has 3 rings (SSSR count). The number of aliphatic hydroxyl groups is 1. The Bertz CT molecular complexity index is 650. The van der Waals surface area contributed by atoms with E-state index in [0.29, 0.717) is 13.0 Å². The summed E-state index contributed by atoms with van der Waals surface area (Å²) in [6.07, 6.45) is -3.98. The molecule has 150 valence electrons. The normalized spacial score (nSPS) is 27.1. The zero-order valence-corrected chi connectivity index (χ0v) is 16.0. The molecule has 0 spiro atoms. The van der Waals surface area contributed by atoms with Crippen molar-refractivity contribution >= 4 is 6.09 Å². The van der Waals surface area contributed by atoms with E-state index < -0.39 is 30.3 Å². The fourth-order valence-corrected chi connectivity index (χ4v) is 4.20. The van der Waals surface area contributed by atoms with E-state index in [1.165, 1.54) is 4.90 Å². The van der Waals surface area contributed by atoms with Crippen LogP contribution in [-0.4, -0.2) is 63.8 Å². The first kappa shape index (κ1) is 20.0. The van der Waals surface area contributed by atoms with Crippen LogP contribution in [0.2, 0.25) is 0 Å². The third-order valence-corrected chi connectivity index (χ3v) is 5.30. The third kappa shape index (κ3) is 4.41. The van der Waals surface area contributed by atoms with Gasteiger partial charge in [0.25, 0.3) is 6.43 Å². The number of hydrogen-bond acceptors (Lipinski definition) is 4. The molecule has 0 aliphatic carbocycles. The summed E-state index contributed by atoms with van der Waals surface area (Å²) in [7, 11) is 0. The summed E-state index contributed by atoms with van der Waals surface area (Å²) in [5.74, 6) is 0. The van der Waals surface area contributed by atoms with E-state index in [0.717, 1.165) is 12.0 Å². The molecule has 2 aliphatic heterocycles. The highest BCUT2D eigenvalue weighted by Gasteiger charge is 2.52. The van der Waals surface area contributed by atoms with Crippen molar-refractivity contribution in [3.05, 3.63) is 35.9 Å². The number of nitrogens with zero attached hydrogens (tertiary/aromatic N) is 2. The van der Waals surface area contributed by atoms with Crippen LogP contribution in [0.1, 0.15) is 39.2 Å². The predicted molar refractivity (Wildman–Crippen MR) is 97.5 cm³/mol. The second-order valence-corrected chi connectivity index (χ2v) is 8.40.